The molecule has 2 saturated heterocycles. The molecule has 0 unspecified atom stereocenters. The average molecular weight is 302 g/mol. The minimum Gasteiger partial charge on any atom is -0.481 e. The second-order valence-electron chi connectivity index (χ2n) is 4.11. The molecule has 6 nitrogen and oxygen atoms in total. The number of thiocarbonyl (C=S) groups is 1. The lowest BCUT2D eigenvalue weighted by atomic mass is 10.3. The number of carboxylic acid groups (broad SMARTS) is 1. The van der Waals surface area contributed by atoms with Gasteiger partial charge in [0.2, 0.25) is 0 Å². The van der Waals surface area contributed by atoms with E-state index in [2.05, 4.69) is 0 Å². The Labute approximate surface area is 120 Å². The zero-order valence-corrected chi connectivity index (χ0v) is 11.8. The van der Waals surface area contributed by atoms with Crippen LogP contribution in [0.1, 0.15) is 6.42 Å². The molecule has 0 spiro atoms. The molecule has 0 bridgehead atoms. The molecule has 1 amide bonds. The zero-order valence-electron chi connectivity index (χ0n) is 10.2. The van der Waals surface area contributed by atoms with Gasteiger partial charge in [0.1, 0.15) is 4.32 Å². The Hall–Kier alpha value is -1.12. The molecule has 8 heteroatoms. The Kier molecular flexibility index (Phi) is 4.78. The Morgan fingerprint density at radius 3 is 2.79 bits per heavy atom. The van der Waals surface area contributed by atoms with Crippen LogP contribution in [-0.4, -0.2) is 64.0 Å². The molecule has 0 saturated carbocycles. The number of rotatable bonds is 4. The highest BCUT2D eigenvalue weighted by Gasteiger charge is 2.32. The fourth-order valence-corrected chi connectivity index (χ4v) is 3.08. The van der Waals surface area contributed by atoms with Crippen molar-refractivity contribution >= 4 is 40.2 Å². The van der Waals surface area contributed by atoms with Gasteiger partial charge in [0, 0.05) is 25.8 Å². The number of nitrogens with zero attached hydrogens (tertiary/aromatic N) is 2. The highest BCUT2D eigenvalue weighted by Crippen LogP contribution is 2.31. The van der Waals surface area contributed by atoms with Crippen LogP contribution in [0.3, 0.4) is 0 Å². The fraction of sp³-hybridized carbons (Fsp3) is 0.545. The van der Waals surface area contributed by atoms with E-state index in [1.807, 2.05) is 4.90 Å². The van der Waals surface area contributed by atoms with Crippen LogP contribution in [0.2, 0.25) is 0 Å². The normalized spacial score (nSPS) is 22.4. The van der Waals surface area contributed by atoms with Crippen LogP contribution in [0.15, 0.2) is 11.1 Å². The predicted octanol–water partition coefficient (Wildman–Crippen LogP) is 0.495. The summed E-state index contributed by atoms with van der Waals surface area (Å²) in [5.74, 6) is -1.14. The van der Waals surface area contributed by atoms with Crippen LogP contribution in [-0.2, 0) is 14.3 Å². The van der Waals surface area contributed by atoms with Crippen molar-refractivity contribution in [1.29, 1.82) is 0 Å². The summed E-state index contributed by atoms with van der Waals surface area (Å²) in [7, 11) is 0. The van der Waals surface area contributed by atoms with Crippen molar-refractivity contribution in [1.82, 2.24) is 9.80 Å². The Bertz CT molecular complexity index is 432. The lowest BCUT2D eigenvalue weighted by molar-refractivity contribution is -0.137. The first-order valence-electron chi connectivity index (χ1n) is 5.87. The van der Waals surface area contributed by atoms with Gasteiger partial charge in [0.15, 0.2) is 0 Å². The molecule has 0 aromatic carbocycles. The first-order chi connectivity index (χ1) is 9.08. The van der Waals surface area contributed by atoms with Crippen LogP contribution in [0.5, 0.6) is 0 Å². The molecule has 1 N–H and O–H groups in total. The van der Waals surface area contributed by atoms with E-state index in [1.165, 1.54) is 16.7 Å². The van der Waals surface area contributed by atoms with Crippen molar-refractivity contribution < 1.29 is 19.4 Å². The summed E-state index contributed by atoms with van der Waals surface area (Å²) in [6.45, 7) is 2.92. The van der Waals surface area contributed by atoms with E-state index in [4.69, 9.17) is 22.1 Å². The van der Waals surface area contributed by atoms with E-state index in [0.717, 1.165) is 13.1 Å². The molecule has 19 heavy (non-hydrogen) atoms. The van der Waals surface area contributed by atoms with E-state index in [9.17, 15) is 9.59 Å². The van der Waals surface area contributed by atoms with Gasteiger partial charge in [-0.15, -0.1) is 0 Å². The Balaban J connectivity index is 2.00. The van der Waals surface area contributed by atoms with Gasteiger partial charge < -0.3 is 14.7 Å². The van der Waals surface area contributed by atoms with Gasteiger partial charge in [-0.25, -0.2) is 0 Å². The minimum atomic E-state index is -0.939. The Morgan fingerprint density at radius 2 is 2.16 bits per heavy atom. The number of ether oxygens (including phenoxy) is 1. The third-order valence-corrected chi connectivity index (χ3v) is 4.13. The van der Waals surface area contributed by atoms with Crippen molar-refractivity contribution in [3.05, 3.63) is 11.1 Å². The molecule has 0 atom stereocenters. The summed E-state index contributed by atoms with van der Waals surface area (Å²) in [5, 5.41) is 8.65. The standard InChI is InChI=1S/C11H14N2O4S2/c14-9(15)1-2-13-10(16)8(19-11(13)18)7-12-3-5-17-6-4-12/h7H,1-6H2,(H,14,15). The molecular formula is C11H14N2O4S2. The van der Waals surface area contributed by atoms with Crippen LogP contribution in [0.25, 0.3) is 0 Å². The van der Waals surface area contributed by atoms with Gasteiger partial charge in [-0.2, -0.15) is 0 Å². The number of hydrogen-bond donors (Lipinski definition) is 1. The second kappa shape index (κ2) is 6.36. The van der Waals surface area contributed by atoms with Crippen molar-refractivity contribution in [3.8, 4) is 0 Å². The molecule has 0 radical (unpaired) electrons. The summed E-state index contributed by atoms with van der Waals surface area (Å²) >= 11 is 6.33. The second-order valence-corrected chi connectivity index (χ2v) is 5.79. The molecular weight excluding hydrogens is 288 g/mol. The van der Waals surface area contributed by atoms with Crippen LogP contribution >= 0.6 is 24.0 Å². The third-order valence-electron chi connectivity index (χ3n) is 2.77. The minimum absolute atomic E-state index is 0.0999. The summed E-state index contributed by atoms with van der Waals surface area (Å²) in [6.07, 6.45) is 1.69. The topological polar surface area (TPSA) is 70.1 Å². The van der Waals surface area contributed by atoms with E-state index < -0.39 is 5.97 Å². The number of carbonyl (C=O) groups excluding carboxylic acids is 1. The highest BCUT2D eigenvalue weighted by atomic mass is 32.2. The lowest BCUT2D eigenvalue weighted by Gasteiger charge is -2.25. The number of morpholine rings is 1. The monoisotopic (exact) mass is 302 g/mol. The maximum atomic E-state index is 12.1. The Morgan fingerprint density at radius 1 is 1.47 bits per heavy atom. The molecule has 2 rings (SSSR count). The summed E-state index contributed by atoms with van der Waals surface area (Å²) < 4.78 is 5.66. The third kappa shape index (κ3) is 3.68. The quantitative estimate of drug-likeness (QED) is 0.599. The van der Waals surface area contributed by atoms with Gasteiger partial charge in [0.05, 0.1) is 24.5 Å². The number of thioether (sulfide) groups is 1. The van der Waals surface area contributed by atoms with Crippen LogP contribution in [0, 0.1) is 0 Å². The lowest BCUT2D eigenvalue weighted by Crippen LogP contribution is -2.33. The first kappa shape index (κ1) is 14.3. The molecule has 0 aliphatic carbocycles. The van der Waals surface area contributed by atoms with Crippen LogP contribution in [0.4, 0.5) is 0 Å². The number of aliphatic carboxylic acids is 1. The average Bonchev–Trinajstić information content (AvgIpc) is 2.63. The highest BCUT2D eigenvalue weighted by molar-refractivity contribution is 8.26. The SMILES string of the molecule is O=C(O)CCN1C(=O)C(=CN2CCOCC2)SC1=S. The van der Waals surface area contributed by atoms with E-state index in [1.54, 1.807) is 6.20 Å². The molecule has 2 fully saturated rings. The van der Waals surface area contributed by atoms with Gasteiger partial charge in [0.25, 0.3) is 5.91 Å². The fourth-order valence-electron chi connectivity index (χ4n) is 1.76. The van der Waals surface area contributed by atoms with E-state index in [0.29, 0.717) is 22.4 Å². The zero-order chi connectivity index (χ0) is 13.8. The van der Waals surface area contributed by atoms with Gasteiger partial charge in [-0.05, 0) is 0 Å². The van der Waals surface area contributed by atoms with Gasteiger partial charge in [-0.1, -0.05) is 24.0 Å². The van der Waals surface area contributed by atoms with Crippen molar-refractivity contribution in [2.24, 2.45) is 0 Å². The maximum Gasteiger partial charge on any atom is 0.305 e. The predicted molar refractivity (Wildman–Crippen MR) is 74.6 cm³/mol. The van der Waals surface area contributed by atoms with Gasteiger partial charge >= 0.3 is 5.97 Å². The smallest absolute Gasteiger partial charge is 0.305 e. The van der Waals surface area contributed by atoms with Gasteiger partial charge in [-0.3, -0.25) is 14.5 Å². The molecule has 2 aliphatic rings. The summed E-state index contributed by atoms with van der Waals surface area (Å²) in [5.41, 5.74) is 0. The summed E-state index contributed by atoms with van der Waals surface area (Å²) in [4.78, 5) is 26.6. The largest absolute Gasteiger partial charge is 0.481 e. The summed E-state index contributed by atoms with van der Waals surface area (Å²) in [6, 6.07) is 0. The van der Waals surface area contributed by atoms with Crippen molar-refractivity contribution in [2.45, 2.75) is 6.42 Å². The maximum absolute atomic E-state index is 12.1. The molecule has 2 heterocycles. The number of carbonyl (C=O) groups is 2. The van der Waals surface area contributed by atoms with Crippen molar-refractivity contribution in [3.63, 3.8) is 0 Å². The van der Waals surface area contributed by atoms with Crippen LogP contribution < -0.4 is 0 Å². The van der Waals surface area contributed by atoms with E-state index in [-0.39, 0.29) is 18.9 Å². The molecule has 0 aromatic heterocycles. The molecule has 0 aromatic rings. The number of hydrogen-bond acceptors (Lipinski definition) is 6. The molecule has 104 valence electrons. The molecule has 2 aliphatic heterocycles. The van der Waals surface area contributed by atoms with E-state index >= 15 is 0 Å². The number of carboxylic acids is 1. The van der Waals surface area contributed by atoms with Crippen molar-refractivity contribution in [2.75, 3.05) is 32.8 Å². The first-order valence-corrected chi connectivity index (χ1v) is 7.09. The number of amides is 1.